The van der Waals surface area contributed by atoms with E-state index in [1.54, 1.807) is 0 Å². The van der Waals surface area contributed by atoms with Crippen molar-refractivity contribution in [3.05, 3.63) is 120 Å². The van der Waals surface area contributed by atoms with Crippen LogP contribution in [-0.4, -0.2) is 9.55 Å². The van der Waals surface area contributed by atoms with Crippen LogP contribution in [0.1, 0.15) is 18.1 Å². The van der Waals surface area contributed by atoms with Crippen LogP contribution in [-0.2, 0) is 6.42 Å². The fourth-order valence-corrected chi connectivity index (χ4v) is 6.34. The van der Waals surface area contributed by atoms with Crippen molar-refractivity contribution in [1.29, 1.82) is 0 Å². The number of aromatic nitrogens is 2. The smallest absolute Gasteiger partial charge is 0.0538 e. The van der Waals surface area contributed by atoms with Gasteiger partial charge in [-0.1, -0.05) is 79.7 Å². The molecule has 0 fully saturated rings. The molecule has 0 saturated carbocycles. The van der Waals surface area contributed by atoms with Gasteiger partial charge in [0, 0.05) is 44.2 Å². The Labute approximate surface area is 215 Å². The van der Waals surface area contributed by atoms with Crippen molar-refractivity contribution >= 4 is 55.4 Å². The standard InChI is InChI=1S/C35H26N2/c1-22-18-23-8-2-3-9-24(23)21-35(22)37-33-13-7-5-11-28(33)30-20-26(15-17-34(30)37)25-14-16-32-29(19-25)27-10-4-6-12-31(27)36-32/h2-17,19-22,36H,18H2,1H3. The second-order valence-electron chi connectivity index (χ2n) is 10.4. The molecule has 0 aliphatic heterocycles. The van der Waals surface area contributed by atoms with Crippen LogP contribution < -0.4 is 0 Å². The maximum absolute atomic E-state index is 3.55. The number of para-hydroxylation sites is 2. The highest BCUT2D eigenvalue weighted by atomic mass is 15.0. The topological polar surface area (TPSA) is 20.7 Å². The van der Waals surface area contributed by atoms with E-state index in [0.717, 1.165) is 6.42 Å². The zero-order chi connectivity index (χ0) is 24.5. The van der Waals surface area contributed by atoms with Gasteiger partial charge in [0.15, 0.2) is 0 Å². The summed E-state index contributed by atoms with van der Waals surface area (Å²) in [6.07, 6.45) is 3.47. The van der Waals surface area contributed by atoms with E-state index in [1.165, 1.54) is 71.6 Å². The minimum absolute atomic E-state index is 0.442. The first-order valence-corrected chi connectivity index (χ1v) is 13.1. The van der Waals surface area contributed by atoms with Crippen LogP contribution in [0.5, 0.6) is 0 Å². The van der Waals surface area contributed by atoms with Gasteiger partial charge >= 0.3 is 0 Å². The Bertz CT molecular complexity index is 2030. The molecule has 0 saturated heterocycles. The lowest BCUT2D eigenvalue weighted by Crippen LogP contribution is -2.13. The Morgan fingerprint density at radius 3 is 2.22 bits per heavy atom. The van der Waals surface area contributed by atoms with Gasteiger partial charge in [0.2, 0.25) is 0 Å². The van der Waals surface area contributed by atoms with Gasteiger partial charge in [0.05, 0.1) is 11.0 Å². The molecule has 0 radical (unpaired) electrons. The molecule has 2 heterocycles. The molecule has 5 aromatic carbocycles. The number of hydrogen-bond acceptors (Lipinski definition) is 0. The summed E-state index contributed by atoms with van der Waals surface area (Å²) >= 11 is 0. The predicted molar refractivity (Wildman–Crippen MR) is 158 cm³/mol. The molecular formula is C35H26N2. The van der Waals surface area contributed by atoms with Gasteiger partial charge in [-0.25, -0.2) is 0 Å². The fourth-order valence-electron chi connectivity index (χ4n) is 6.34. The minimum Gasteiger partial charge on any atom is -0.355 e. The van der Waals surface area contributed by atoms with Crippen molar-refractivity contribution in [2.24, 2.45) is 5.92 Å². The Hall–Kier alpha value is -4.56. The van der Waals surface area contributed by atoms with E-state index in [-0.39, 0.29) is 0 Å². The van der Waals surface area contributed by atoms with E-state index in [1.807, 2.05) is 0 Å². The summed E-state index contributed by atoms with van der Waals surface area (Å²) in [6.45, 7) is 2.35. The molecule has 37 heavy (non-hydrogen) atoms. The maximum Gasteiger partial charge on any atom is 0.0538 e. The highest BCUT2D eigenvalue weighted by Crippen LogP contribution is 2.40. The van der Waals surface area contributed by atoms with Crippen molar-refractivity contribution in [2.45, 2.75) is 13.3 Å². The zero-order valence-electron chi connectivity index (χ0n) is 20.7. The van der Waals surface area contributed by atoms with Crippen LogP contribution in [0.4, 0.5) is 0 Å². The number of aromatic amines is 1. The molecule has 0 bridgehead atoms. The summed E-state index contributed by atoms with van der Waals surface area (Å²) in [5.74, 6) is 0.442. The summed E-state index contributed by atoms with van der Waals surface area (Å²) in [7, 11) is 0. The van der Waals surface area contributed by atoms with Crippen LogP contribution in [0.15, 0.2) is 109 Å². The Kier molecular flexibility index (Phi) is 4.30. The molecule has 2 aromatic heterocycles. The largest absolute Gasteiger partial charge is 0.355 e. The molecule has 8 rings (SSSR count). The number of benzene rings is 5. The third kappa shape index (κ3) is 3.06. The normalized spacial score (nSPS) is 15.5. The molecule has 1 N–H and O–H groups in total. The summed E-state index contributed by atoms with van der Waals surface area (Å²) in [5.41, 5.74) is 11.6. The van der Waals surface area contributed by atoms with Gasteiger partial charge in [-0.3, -0.25) is 0 Å². The molecule has 1 aliphatic carbocycles. The van der Waals surface area contributed by atoms with Crippen molar-refractivity contribution in [2.75, 3.05) is 0 Å². The average molecular weight is 475 g/mol. The predicted octanol–water partition coefficient (Wildman–Crippen LogP) is 9.29. The lowest BCUT2D eigenvalue weighted by molar-refractivity contribution is 0.708. The van der Waals surface area contributed by atoms with Crippen molar-refractivity contribution in [1.82, 2.24) is 9.55 Å². The summed E-state index contributed by atoms with van der Waals surface area (Å²) in [6, 6.07) is 40.0. The Balaban J connectivity index is 1.35. The van der Waals surface area contributed by atoms with Crippen LogP contribution in [0.3, 0.4) is 0 Å². The van der Waals surface area contributed by atoms with Crippen LogP contribution >= 0.6 is 0 Å². The average Bonchev–Trinajstić information content (AvgIpc) is 3.47. The van der Waals surface area contributed by atoms with E-state index in [4.69, 9.17) is 0 Å². The second-order valence-corrected chi connectivity index (χ2v) is 10.4. The van der Waals surface area contributed by atoms with Gasteiger partial charge in [-0.15, -0.1) is 0 Å². The first kappa shape index (κ1) is 20.6. The van der Waals surface area contributed by atoms with Crippen molar-refractivity contribution < 1.29 is 0 Å². The lowest BCUT2D eigenvalue weighted by atomic mass is 9.88. The molecule has 1 atom stereocenters. The van der Waals surface area contributed by atoms with Gasteiger partial charge in [0.25, 0.3) is 0 Å². The zero-order valence-corrected chi connectivity index (χ0v) is 20.7. The summed E-state index contributed by atoms with van der Waals surface area (Å²) in [4.78, 5) is 3.55. The molecule has 0 amide bonds. The second kappa shape index (κ2) is 7.72. The van der Waals surface area contributed by atoms with Crippen LogP contribution in [0.2, 0.25) is 0 Å². The van der Waals surface area contributed by atoms with Gasteiger partial charge < -0.3 is 9.55 Å². The lowest BCUT2D eigenvalue weighted by Gasteiger charge is -2.25. The Morgan fingerprint density at radius 1 is 0.622 bits per heavy atom. The number of nitrogens with zero attached hydrogens (tertiary/aromatic N) is 1. The summed E-state index contributed by atoms with van der Waals surface area (Å²) in [5, 5.41) is 5.16. The summed E-state index contributed by atoms with van der Waals surface area (Å²) < 4.78 is 2.50. The molecule has 1 unspecified atom stereocenters. The minimum atomic E-state index is 0.442. The van der Waals surface area contributed by atoms with E-state index in [2.05, 4.69) is 132 Å². The van der Waals surface area contributed by atoms with Gasteiger partial charge in [-0.2, -0.15) is 0 Å². The quantitative estimate of drug-likeness (QED) is 0.258. The maximum atomic E-state index is 3.55. The molecule has 1 aliphatic rings. The molecule has 0 spiro atoms. The third-order valence-electron chi connectivity index (χ3n) is 8.16. The molecule has 2 nitrogen and oxygen atoms in total. The highest BCUT2D eigenvalue weighted by molar-refractivity contribution is 6.13. The SMILES string of the molecule is CC1Cc2ccccc2C=C1n1c2ccccc2c2cc(-c3ccc4[nH]c5ccccc5c4c3)ccc21. The molecule has 176 valence electrons. The number of hydrogen-bond donors (Lipinski definition) is 1. The molecular weight excluding hydrogens is 448 g/mol. The van der Waals surface area contributed by atoms with Crippen LogP contribution in [0, 0.1) is 5.92 Å². The van der Waals surface area contributed by atoms with E-state index in [9.17, 15) is 0 Å². The van der Waals surface area contributed by atoms with Gasteiger partial charge in [0.1, 0.15) is 0 Å². The number of fused-ring (bicyclic) bond motifs is 7. The van der Waals surface area contributed by atoms with Crippen molar-refractivity contribution in [3.63, 3.8) is 0 Å². The Morgan fingerprint density at radius 2 is 1.30 bits per heavy atom. The molecule has 7 aromatic rings. The highest BCUT2D eigenvalue weighted by Gasteiger charge is 2.22. The third-order valence-corrected chi connectivity index (χ3v) is 8.16. The van der Waals surface area contributed by atoms with E-state index in [0.29, 0.717) is 5.92 Å². The number of allylic oxidation sites excluding steroid dienone is 1. The van der Waals surface area contributed by atoms with E-state index < -0.39 is 0 Å². The van der Waals surface area contributed by atoms with Crippen molar-refractivity contribution in [3.8, 4) is 11.1 Å². The first-order chi connectivity index (χ1) is 18.2. The van der Waals surface area contributed by atoms with Crippen LogP contribution in [0.25, 0.3) is 66.5 Å². The number of rotatable bonds is 2. The van der Waals surface area contributed by atoms with Gasteiger partial charge in [-0.05, 0) is 71.1 Å². The molecule has 2 heteroatoms. The fraction of sp³-hybridized carbons (Fsp3) is 0.0857. The van der Waals surface area contributed by atoms with E-state index >= 15 is 0 Å². The number of H-pyrrole nitrogens is 1. The monoisotopic (exact) mass is 474 g/mol. The first-order valence-electron chi connectivity index (χ1n) is 13.1. The number of nitrogens with one attached hydrogen (secondary N) is 1.